The zero-order valence-electron chi connectivity index (χ0n) is 27.2. The molecule has 0 radical (unpaired) electrons. The van der Waals surface area contributed by atoms with Gasteiger partial charge in [0.2, 0.25) is 0 Å². The minimum absolute atomic E-state index is 0.180. The van der Waals surface area contributed by atoms with Crippen molar-refractivity contribution in [2.45, 2.75) is 72.6 Å². The molecule has 0 saturated heterocycles. The molecular formula is C41H42I2Zr. The Bertz CT molecular complexity index is 1690. The molecule has 3 heteroatoms. The molecule has 6 rings (SSSR count). The van der Waals surface area contributed by atoms with Gasteiger partial charge in [0.1, 0.15) is 0 Å². The van der Waals surface area contributed by atoms with Gasteiger partial charge in [-0.1, -0.05) is 75.9 Å². The second-order valence-electron chi connectivity index (χ2n) is 13.5. The van der Waals surface area contributed by atoms with E-state index in [1.54, 1.807) is 0 Å². The summed E-state index contributed by atoms with van der Waals surface area (Å²) < 4.78 is 3.99. The third kappa shape index (κ3) is 9.04. The number of benzene rings is 4. The van der Waals surface area contributed by atoms with Crippen molar-refractivity contribution in [1.29, 1.82) is 0 Å². The fourth-order valence-corrected chi connectivity index (χ4v) is 7.23. The van der Waals surface area contributed by atoms with Gasteiger partial charge in [-0.3, -0.25) is 6.08 Å². The van der Waals surface area contributed by atoms with E-state index in [0.717, 1.165) is 6.42 Å². The Morgan fingerprint density at radius 3 is 1.39 bits per heavy atom. The Labute approximate surface area is 307 Å². The molecule has 0 fully saturated rings. The van der Waals surface area contributed by atoms with Crippen LogP contribution in [0.2, 0.25) is 0 Å². The summed E-state index contributed by atoms with van der Waals surface area (Å²) in [6.45, 7) is 18.3. The van der Waals surface area contributed by atoms with Gasteiger partial charge in [0, 0.05) is 0 Å². The number of aryl methyl sites for hydroxylation is 2. The Morgan fingerprint density at radius 2 is 1.09 bits per heavy atom. The molecule has 5 aromatic rings. The first kappa shape index (κ1) is 35.3. The molecular weight excluding hydrogens is 837 g/mol. The average Bonchev–Trinajstić information content (AvgIpc) is 3.63. The van der Waals surface area contributed by atoms with Crippen molar-refractivity contribution in [3.05, 3.63) is 144 Å². The number of hydrogen-bond acceptors (Lipinski definition) is 0. The summed E-state index contributed by atoms with van der Waals surface area (Å²) >= 11 is 6.13. The predicted octanol–water partition coefficient (Wildman–Crippen LogP) is 12.2. The van der Waals surface area contributed by atoms with Crippen LogP contribution in [0.1, 0.15) is 81.3 Å². The fourth-order valence-electron chi connectivity index (χ4n) is 5.69. The van der Waals surface area contributed by atoms with E-state index in [-0.39, 0.29) is 10.8 Å². The van der Waals surface area contributed by atoms with Crippen LogP contribution in [-0.4, -0.2) is 3.21 Å². The van der Waals surface area contributed by atoms with Crippen molar-refractivity contribution in [3.8, 4) is 0 Å². The van der Waals surface area contributed by atoms with Crippen LogP contribution >= 0.6 is 45.2 Å². The topological polar surface area (TPSA) is 0 Å². The Kier molecular flexibility index (Phi) is 12.0. The van der Waals surface area contributed by atoms with Crippen LogP contribution in [0.3, 0.4) is 0 Å². The molecule has 1 aliphatic carbocycles. The number of rotatable bonds is 2. The standard InChI is InChI=1S/C23H29.C13H8I2.C5H5.Zr/c1-14-9-16-11-17-10-15(2)21(23(6,7)8)13-19(17)18(16)12-20(14)22(3,4)5;14-12-5-1-10(2-6-12)9-11-3-7-13(15)8-4-11;1-2-4-5-3-1;/h9-13H,1-8H3;1-8H;1-3H,4H2;/q-1;;-1;+2. The van der Waals surface area contributed by atoms with Crippen LogP contribution in [0, 0.1) is 27.1 Å². The molecule has 0 aromatic heterocycles. The summed E-state index contributed by atoms with van der Waals surface area (Å²) in [5.41, 5.74) is 8.73. The van der Waals surface area contributed by atoms with Crippen molar-refractivity contribution in [3.63, 3.8) is 0 Å². The fraction of sp³-hybridized carbons (Fsp3) is 0.268. The van der Waals surface area contributed by atoms with Crippen molar-refractivity contribution < 1.29 is 24.2 Å². The van der Waals surface area contributed by atoms with E-state index in [1.807, 2.05) is 12.2 Å². The SMILES string of the molecule is Cc1cc2[cH-]c3cc(C)c(C(C)(C)C)cc3c2cc1C(C)(C)C.[C-]1=CC=CC1.[Zr+2]=[C](c1ccc(I)cc1)c1ccc(I)cc1. The maximum absolute atomic E-state index is 2.99. The first-order chi connectivity index (χ1) is 20.6. The summed E-state index contributed by atoms with van der Waals surface area (Å²) in [4.78, 5) is 0. The van der Waals surface area contributed by atoms with E-state index in [9.17, 15) is 0 Å². The monoisotopic (exact) mass is 878 g/mol. The van der Waals surface area contributed by atoms with E-state index in [0.29, 0.717) is 0 Å². The van der Waals surface area contributed by atoms with Crippen LogP contribution < -0.4 is 0 Å². The number of halogens is 2. The normalized spacial score (nSPS) is 12.6. The Balaban J connectivity index is 0.000000181. The van der Waals surface area contributed by atoms with E-state index in [1.165, 1.54) is 89.5 Å². The van der Waals surface area contributed by atoms with Crippen LogP contribution in [0.15, 0.2) is 97.1 Å². The van der Waals surface area contributed by atoms with Gasteiger partial charge in [0.25, 0.3) is 0 Å². The van der Waals surface area contributed by atoms with Crippen molar-refractivity contribution in [2.24, 2.45) is 0 Å². The molecule has 44 heavy (non-hydrogen) atoms. The first-order valence-electron chi connectivity index (χ1n) is 15.1. The second kappa shape index (κ2) is 14.9. The van der Waals surface area contributed by atoms with Crippen molar-refractivity contribution in [1.82, 2.24) is 0 Å². The molecule has 0 atom stereocenters. The van der Waals surface area contributed by atoms with E-state index in [2.05, 4.69) is 192 Å². The van der Waals surface area contributed by atoms with Gasteiger partial charge in [-0.2, -0.15) is 6.08 Å². The predicted molar refractivity (Wildman–Crippen MR) is 207 cm³/mol. The quantitative estimate of drug-likeness (QED) is 0.122. The van der Waals surface area contributed by atoms with Crippen molar-refractivity contribution >= 4 is 69.9 Å². The Hall–Kier alpha value is -1.56. The van der Waals surface area contributed by atoms with Gasteiger partial charge in [-0.25, -0.2) is 12.2 Å². The van der Waals surface area contributed by atoms with Gasteiger partial charge >= 0.3 is 139 Å². The van der Waals surface area contributed by atoms with Gasteiger partial charge in [-0.15, -0.1) is 46.2 Å². The van der Waals surface area contributed by atoms with Gasteiger partial charge in [0.15, 0.2) is 0 Å². The molecule has 0 N–H and O–H groups in total. The van der Waals surface area contributed by atoms with Crippen LogP contribution in [0.5, 0.6) is 0 Å². The maximum atomic E-state index is 2.99. The van der Waals surface area contributed by atoms with Gasteiger partial charge in [0.05, 0.1) is 0 Å². The molecule has 0 unspecified atom stereocenters. The molecule has 0 heterocycles. The molecule has 0 aliphatic heterocycles. The molecule has 0 spiro atoms. The first-order valence-corrected chi connectivity index (χ1v) is 18.5. The molecule has 5 aromatic carbocycles. The molecule has 1 aliphatic rings. The van der Waals surface area contributed by atoms with E-state index < -0.39 is 0 Å². The zero-order valence-corrected chi connectivity index (χ0v) is 34.0. The van der Waals surface area contributed by atoms with E-state index >= 15 is 0 Å². The number of fused-ring (bicyclic) bond motifs is 3. The van der Waals surface area contributed by atoms with Gasteiger partial charge in [-0.05, 0) is 24.7 Å². The number of hydrogen-bond donors (Lipinski definition) is 0. The average molecular weight is 880 g/mol. The van der Waals surface area contributed by atoms with Gasteiger partial charge < -0.3 is 0 Å². The van der Waals surface area contributed by atoms with Crippen molar-refractivity contribution in [2.75, 3.05) is 0 Å². The summed E-state index contributed by atoms with van der Waals surface area (Å²) in [5.74, 6) is 0. The zero-order chi connectivity index (χ0) is 32.2. The summed E-state index contributed by atoms with van der Waals surface area (Å²) in [5, 5.41) is 5.55. The third-order valence-electron chi connectivity index (χ3n) is 7.86. The van der Waals surface area contributed by atoms with Crippen LogP contribution in [0.4, 0.5) is 0 Å². The van der Waals surface area contributed by atoms with Crippen LogP contribution in [-0.2, 0) is 35.1 Å². The summed E-state index contributed by atoms with van der Waals surface area (Å²) in [6.07, 6.45) is 10.0. The molecule has 0 saturated carbocycles. The van der Waals surface area contributed by atoms with Crippen LogP contribution in [0.25, 0.3) is 21.5 Å². The third-order valence-corrected chi connectivity index (χ3v) is 10.7. The Morgan fingerprint density at radius 1 is 0.682 bits per heavy atom. The summed E-state index contributed by atoms with van der Waals surface area (Å²) in [6, 6.07) is 29.4. The summed E-state index contributed by atoms with van der Waals surface area (Å²) in [7, 11) is 0. The molecule has 0 amide bonds. The second-order valence-corrected chi connectivity index (χ2v) is 17.3. The minimum atomic E-state index is 0.180. The van der Waals surface area contributed by atoms with E-state index in [4.69, 9.17) is 0 Å². The number of allylic oxidation sites excluding steroid dienone is 4. The molecule has 0 bridgehead atoms. The molecule has 0 nitrogen and oxygen atoms in total. The molecule has 224 valence electrons.